The number of aryl methyl sites for hydroxylation is 1. The lowest BCUT2D eigenvalue weighted by molar-refractivity contribution is -0.121. The SMILES string of the molecule is NS(=O)(=O)c1ccc(CCNC(=O)CCc2cccc(Br)c2)cc1. The molecule has 7 heteroatoms. The van der Waals surface area contributed by atoms with Gasteiger partial charge in [0.2, 0.25) is 15.9 Å². The molecule has 24 heavy (non-hydrogen) atoms. The largest absolute Gasteiger partial charge is 0.356 e. The summed E-state index contributed by atoms with van der Waals surface area (Å²) in [6.45, 7) is 0.506. The van der Waals surface area contributed by atoms with Gasteiger partial charge in [-0.1, -0.05) is 40.2 Å². The lowest BCUT2D eigenvalue weighted by Gasteiger charge is -2.06. The Kier molecular flexibility index (Phi) is 6.53. The van der Waals surface area contributed by atoms with E-state index in [1.807, 2.05) is 24.3 Å². The average Bonchev–Trinajstić information content (AvgIpc) is 2.53. The Morgan fingerprint density at radius 3 is 2.38 bits per heavy atom. The van der Waals surface area contributed by atoms with Gasteiger partial charge in [-0.15, -0.1) is 0 Å². The van der Waals surface area contributed by atoms with Crippen LogP contribution in [0.3, 0.4) is 0 Å². The van der Waals surface area contributed by atoms with E-state index in [4.69, 9.17) is 5.14 Å². The molecule has 0 fully saturated rings. The van der Waals surface area contributed by atoms with Gasteiger partial charge in [-0.2, -0.15) is 0 Å². The molecule has 3 N–H and O–H groups in total. The van der Waals surface area contributed by atoms with E-state index in [2.05, 4.69) is 21.2 Å². The number of carbonyl (C=O) groups is 1. The zero-order valence-corrected chi connectivity index (χ0v) is 15.4. The molecule has 128 valence electrons. The highest BCUT2D eigenvalue weighted by atomic mass is 79.9. The standard InChI is InChI=1S/C17H19BrN2O3S/c18-15-3-1-2-14(12-15)6-9-17(21)20-11-10-13-4-7-16(8-5-13)24(19,22)23/h1-5,7-8,12H,6,9-11H2,(H,20,21)(H2,19,22,23). The predicted molar refractivity (Wildman–Crippen MR) is 97.0 cm³/mol. The Bertz CT molecular complexity index is 805. The topological polar surface area (TPSA) is 89.3 Å². The molecule has 0 aliphatic carbocycles. The van der Waals surface area contributed by atoms with Crippen LogP contribution < -0.4 is 10.5 Å². The van der Waals surface area contributed by atoms with Gasteiger partial charge in [-0.25, -0.2) is 13.6 Å². The summed E-state index contributed by atoms with van der Waals surface area (Å²) in [4.78, 5) is 11.9. The molecule has 0 saturated carbocycles. The third-order valence-electron chi connectivity index (χ3n) is 3.52. The van der Waals surface area contributed by atoms with Crippen LogP contribution in [0, 0.1) is 0 Å². The zero-order valence-electron chi connectivity index (χ0n) is 13.0. The highest BCUT2D eigenvalue weighted by Crippen LogP contribution is 2.13. The minimum atomic E-state index is -3.66. The fourth-order valence-corrected chi connectivity index (χ4v) is 3.19. The van der Waals surface area contributed by atoms with Crippen molar-refractivity contribution in [2.75, 3.05) is 6.54 Å². The number of carbonyl (C=O) groups excluding carboxylic acids is 1. The number of rotatable bonds is 7. The first-order valence-corrected chi connectivity index (χ1v) is 9.81. The molecule has 0 spiro atoms. The molecule has 0 heterocycles. The number of nitrogens with two attached hydrogens (primary N) is 1. The van der Waals surface area contributed by atoms with Crippen molar-refractivity contribution in [3.8, 4) is 0 Å². The average molecular weight is 411 g/mol. The van der Waals surface area contributed by atoms with E-state index in [1.165, 1.54) is 12.1 Å². The lowest BCUT2D eigenvalue weighted by atomic mass is 10.1. The molecule has 0 atom stereocenters. The van der Waals surface area contributed by atoms with Gasteiger partial charge >= 0.3 is 0 Å². The van der Waals surface area contributed by atoms with Crippen LogP contribution in [0.25, 0.3) is 0 Å². The number of primary sulfonamides is 1. The third kappa shape index (κ3) is 6.07. The summed E-state index contributed by atoms with van der Waals surface area (Å²) in [7, 11) is -3.66. The molecule has 0 radical (unpaired) electrons. The van der Waals surface area contributed by atoms with Crippen LogP contribution in [-0.4, -0.2) is 20.9 Å². The Morgan fingerprint density at radius 2 is 1.75 bits per heavy atom. The maximum absolute atomic E-state index is 11.9. The van der Waals surface area contributed by atoms with Gasteiger partial charge in [-0.05, 0) is 48.2 Å². The monoisotopic (exact) mass is 410 g/mol. The molecule has 0 bridgehead atoms. The van der Waals surface area contributed by atoms with Crippen LogP contribution in [-0.2, 0) is 27.7 Å². The highest BCUT2D eigenvalue weighted by molar-refractivity contribution is 9.10. The van der Waals surface area contributed by atoms with Crippen molar-refractivity contribution in [1.82, 2.24) is 5.32 Å². The molecule has 0 saturated heterocycles. The number of amides is 1. The molecule has 0 aromatic heterocycles. The summed E-state index contributed by atoms with van der Waals surface area (Å²) < 4.78 is 23.4. The summed E-state index contributed by atoms with van der Waals surface area (Å²) >= 11 is 3.41. The fourth-order valence-electron chi connectivity index (χ4n) is 2.23. The predicted octanol–water partition coefficient (Wildman–Crippen LogP) is 2.39. The minimum absolute atomic E-state index is 0.00358. The first-order chi connectivity index (χ1) is 11.3. The number of hydrogen-bond acceptors (Lipinski definition) is 3. The second-order valence-corrected chi connectivity index (χ2v) is 7.90. The van der Waals surface area contributed by atoms with E-state index in [1.54, 1.807) is 12.1 Å². The van der Waals surface area contributed by atoms with E-state index >= 15 is 0 Å². The third-order valence-corrected chi connectivity index (χ3v) is 4.94. The summed E-state index contributed by atoms with van der Waals surface area (Å²) in [5.41, 5.74) is 2.05. The number of benzene rings is 2. The van der Waals surface area contributed by atoms with Gasteiger partial charge in [0.05, 0.1) is 4.90 Å². The summed E-state index contributed by atoms with van der Waals surface area (Å²) in [5.74, 6) is -0.00358. The van der Waals surface area contributed by atoms with Crippen molar-refractivity contribution >= 4 is 31.9 Å². The normalized spacial score (nSPS) is 11.2. The van der Waals surface area contributed by atoms with E-state index in [0.717, 1.165) is 15.6 Å². The smallest absolute Gasteiger partial charge is 0.238 e. The van der Waals surface area contributed by atoms with E-state index in [0.29, 0.717) is 25.8 Å². The van der Waals surface area contributed by atoms with Crippen LogP contribution >= 0.6 is 15.9 Å². The lowest BCUT2D eigenvalue weighted by Crippen LogP contribution is -2.25. The molecule has 2 aromatic rings. The van der Waals surface area contributed by atoms with Gasteiger partial charge in [0.15, 0.2) is 0 Å². The molecule has 1 amide bonds. The van der Waals surface area contributed by atoms with Crippen LogP contribution in [0.2, 0.25) is 0 Å². The van der Waals surface area contributed by atoms with Crippen LogP contribution in [0.5, 0.6) is 0 Å². The molecule has 2 rings (SSSR count). The summed E-state index contributed by atoms with van der Waals surface area (Å²) in [6.07, 6.45) is 1.75. The first kappa shape index (κ1) is 18.6. The number of hydrogen-bond donors (Lipinski definition) is 2. The van der Waals surface area contributed by atoms with Crippen LogP contribution in [0.4, 0.5) is 0 Å². The second kappa shape index (κ2) is 8.41. The molecule has 0 aliphatic rings. The van der Waals surface area contributed by atoms with Crippen molar-refractivity contribution in [1.29, 1.82) is 0 Å². The van der Waals surface area contributed by atoms with Gasteiger partial charge in [0, 0.05) is 17.4 Å². The maximum Gasteiger partial charge on any atom is 0.238 e. The molecule has 5 nitrogen and oxygen atoms in total. The molecular formula is C17H19BrN2O3S. The van der Waals surface area contributed by atoms with Gasteiger partial charge in [0.1, 0.15) is 0 Å². The van der Waals surface area contributed by atoms with E-state index in [-0.39, 0.29) is 10.8 Å². The zero-order chi connectivity index (χ0) is 17.6. The Labute approximate surface area is 150 Å². The Morgan fingerprint density at radius 1 is 1.04 bits per heavy atom. The molecular weight excluding hydrogens is 392 g/mol. The quantitative estimate of drug-likeness (QED) is 0.733. The van der Waals surface area contributed by atoms with Crippen molar-refractivity contribution in [2.24, 2.45) is 5.14 Å². The number of sulfonamides is 1. The summed E-state index contributed by atoms with van der Waals surface area (Å²) in [5, 5.41) is 7.92. The first-order valence-electron chi connectivity index (χ1n) is 7.47. The Balaban J connectivity index is 1.74. The van der Waals surface area contributed by atoms with Crippen LogP contribution in [0.15, 0.2) is 57.9 Å². The van der Waals surface area contributed by atoms with Crippen molar-refractivity contribution < 1.29 is 13.2 Å². The van der Waals surface area contributed by atoms with Gasteiger partial charge in [-0.3, -0.25) is 4.79 Å². The van der Waals surface area contributed by atoms with Crippen LogP contribution in [0.1, 0.15) is 17.5 Å². The van der Waals surface area contributed by atoms with E-state index in [9.17, 15) is 13.2 Å². The highest BCUT2D eigenvalue weighted by Gasteiger charge is 2.07. The fraction of sp³-hybridized carbons (Fsp3) is 0.235. The molecule has 2 aromatic carbocycles. The Hall–Kier alpha value is -1.70. The number of halogens is 1. The maximum atomic E-state index is 11.9. The second-order valence-electron chi connectivity index (χ2n) is 5.42. The van der Waals surface area contributed by atoms with Gasteiger partial charge in [0.25, 0.3) is 0 Å². The molecule has 0 aliphatic heterocycles. The van der Waals surface area contributed by atoms with E-state index < -0.39 is 10.0 Å². The summed E-state index contributed by atoms with van der Waals surface area (Å²) in [6, 6.07) is 14.2. The van der Waals surface area contributed by atoms with Gasteiger partial charge < -0.3 is 5.32 Å². The van der Waals surface area contributed by atoms with Crippen molar-refractivity contribution in [3.63, 3.8) is 0 Å². The molecule has 0 unspecified atom stereocenters. The van der Waals surface area contributed by atoms with Crippen molar-refractivity contribution in [2.45, 2.75) is 24.2 Å². The van der Waals surface area contributed by atoms with Crippen molar-refractivity contribution in [3.05, 3.63) is 64.1 Å². The number of nitrogens with one attached hydrogen (secondary N) is 1. The minimum Gasteiger partial charge on any atom is -0.356 e.